The minimum absolute atomic E-state index is 0.0336. The summed E-state index contributed by atoms with van der Waals surface area (Å²) in [4.78, 5) is 7.76. The fourth-order valence-corrected chi connectivity index (χ4v) is 4.19. The molecular weight excluding hydrogens is 364 g/mol. The summed E-state index contributed by atoms with van der Waals surface area (Å²) in [7, 11) is 1.92. The summed E-state index contributed by atoms with van der Waals surface area (Å²) in [6.45, 7) is 5.15. The Labute approximate surface area is 162 Å². The third-order valence-corrected chi connectivity index (χ3v) is 5.48. The first kappa shape index (κ1) is 19.6. The summed E-state index contributed by atoms with van der Waals surface area (Å²) in [6, 6.07) is 7.68. The predicted octanol–water partition coefficient (Wildman–Crippen LogP) is 3.00. The molecular formula is C19H26N4O3S. The number of ether oxygens (including phenoxy) is 1. The van der Waals surface area contributed by atoms with E-state index in [9.17, 15) is 10.2 Å². The van der Waals surface area contributed by atoms with Gasteiger partial charge < -0.3 is 14.9 Å². The van der Waals surface area contributed by atoms with Crippen molar-refractivity contribution >= 4 is 16.3 Å². The second kappa shape index (κ2) is 8.69. The number of aliphatic hydroxyl groups is 1. The fourth-order valence-electron chi connectivity index (χ4n) is 3.00. The topological polar surface area (TPSA) is 83.1 Å². The number of likely N-dealkylation sites (N-methyl/N-ethyl adjacent to an activating group) is 1. The third kappa shape index (κ3) is 4.23. The molecule has 0 saturated heterocycles. The molecule has 1 aromatic carbocycles. The Morgan fingerprint density at radius 3 is 2.67 bits per heavy atom. The molecule has 0 aliphatic heterocycles. The summed E-state index contributed by atoms with van der Waals surface area (Å²) >= 11 is 1.41. The first-order chi connectivity index (χ1) is 13.0. The van der Waals surface area contributed by atoms with Crippen LogP contribution in [0.2, 0.25) is 0 Å². The third-order valence-electron chi connectivity index (χ3n) is 4.41. The van der Waals surface area contributed by atoms with E-state index < -0.39 is 0 Å². The molecule has 146 valence electrons. The molecule has 0 saturated carbocycles. The first-order valence-electron chi connectivity index (χ1n) is 9.14. The van der Waals surface area contributed by atoms with E-state index in [2.05, 4.69) is 17.0 Å². The maximum Gasteiger partial charge on any atom is 0.230 e. The smallest absolute Gasteiger partial charge is 0.230 e. The van der Waals surface area contributed by atoms with Gasteiger partial charge in [0.1, 0.15) is 11.6 Å². The highest BCUT2D eigenvalue weighted by atomic mass is 32.1. The lowest BCUT2D eigenvalue weighted by atomic mass is 10.0. The number of aromatic hydroxyl groups is 1. The Morgan fingerprint density at radius 2 is 2.04 bits per heavy atom. The van der Waals surface area contributed by atoms with Gasteiger partial charge in [-0.2, -0.15) is 4.52 Å². The molecule has 1 atom stereocenters. The molecule has 3 rings (SSSR count). The van der Waals surface area contributed by atoms with Gasteiger partial charge in [-0.05, 0) is 38.1 Å². The van der Waals surface area contributed by atoms with Crippen molar-refractivity contribution in [3.05, 3.63) is 40.5 Å². The molecule has 0 aliphatic carbocycles. The minimum atomic E-state index is -0.212. The van der Waals surface area contributed by atoms with Crippen molar-refractivity contribution in [1.29, 1.82) is 0 Å². The Morgan fingerprint density at radius 1 is 1.30 bits per heavy atom. The lowest BCUT2D eigenvalue weighted by Gasteiger charge is -2.27. The Kier molecular flexibility index (Phi) is 6.30. The predicted molar refractivity (Wildman–Crippen MR) is 106 cm³/mol. The SMILES string of the molecule is CCCCOc1ccc(C(c2sc3nc(C)nn3c2O)N(C)CCO)cc1. The zero-order valence-electron chi connectivity index (χ0n) is 15.9. The molecule has 8 heteroatoms. The number of nitrogens with zero attached hydrogens (tertiary/aromatic N) is 4. The van der Waals surface area contributed by atoms with Crippen molar-refractivity contribution in [1.82, 2.24) is 19.5 Å². The summed E-state index contributed by atoms with van der Waals surface area (Å²) < 4.78 is 7.21. The van der Waals surface area contributed by atoms with Crippen LogP contribution >= 0.6 is 11.3 Å². The molecule has 7 nitrogen and oxygen atoms in total. The fraction of sp³-hybridized carbons (Fsp3) is 0.474. The van der Waals surface area contributed by atoms with E-state index in [4.69, 9.17) is 4.74 Å². The van der Waals surface area contributed by atoms with Crippen LogP contribution in [0.3, 0.4) is 0 Å². The highest BCUT2D eigenvalue weighted by Gasteiger charge is 2.27. The minimum Gasteiger partial charge on any atom is -0.494 e. The average Bonchev–Trinajstić information content (AvgIpc) is 3.15. The van der Waals surface area contributed by atoms with Gasteiger partial charge in [0.2, 0.25) is 10.8 Å². The van der Waals surface area contributed by atoms with Gasteiger partial charge in [-0.15, -0.1) is 5.10 Å². The van der Waals surface area contributed by atoms with E-state index in [0.717, 1.165) is 29.0 Å². The molecule has 3 aromatic rings. The molecule has 2 heterocycles. The van der Waals surface area contributed by atoms with E-state index in [1.165, 1.54) is 15.9 Å². The van der Waals surface area contributed by atoms with E-state index in [1.54, 1.807) is 6.92 Å². The molecule has 0 fully saturated rings. The number of hydrogen-bond donors (Lipinski definition) is 2. The van der Waals surface area contributed by atoms with Crippen LogP contribution in [0, 0.1) is 6.92 Å². The molecule has 0 radical (unpaired) electrons. The molecule has 2 N–H and O–H groups in total. The van der Waals surface area contributed by atoms with Crippen LogP contribution in [0.1, 0.15) is 42.1 Å². The number of aryl methyl sites for hydroxylation is 1. The Balaban J connectivity index is 1.93. The quantitative estimate of drug-likeness (QED) is 0.547. The summed E-state index contributed by atoms with van der Waals surface area (Å²) in [5.74, 6) is 1.55. The van der Waals surface area contributed by atoms with Gasteiger partial charge in [0.05, 0.1) is 24.1 Å². The van der Waals surface area contributed by atoms with Crippen molar-refractivity contribution in [2.75, 3.05) is 26.8 Å². The normalized spacial score (nSPS) is 12.8. The second-order valence-corrected chi connectivity index (χ2v) is 7.53. The van der Waals surface area contributed by atoms with E-state index in [-0.39, 0.29) is 18.5 Å². The van der Waals surface area contributed by atoms with E-state index in [0.29, 0.717) is 23.9 Å². The molecule has 0 amide bonds. The number of aromatic nitrogens is 3. The van der Waals surface area contributed by atoms with Gasteiger partial charge in [0.25, 0.3) is 0 Å². The lowest BCUT2D eigenvalue weighted by Crippen LogP contribution is -2.28. The van der Waals surface area contributed by atoms with Crippen molar-refractivity contribution < 1.29 is 14.9 Å². The molecule has 0 spiro atoms. The zero-order valence-corrected chi connectivity index (χ0v) is 16.7. The number of aliphatic hydroxyl groups excluding tert-OH is 1. The molecule has 0 aliphatic rings. The van der Waals surface area contributed by atoms with Crippen molar-refractivity contribution in [3.63, 3.8) is 0 Å². The Hall–Kier alpha value is -2.16. The number of benzene rings is 1. The van der Waals surface area contributed by atoms with Crippen LogP contribution in [0.5, 0.6) is 11.6 Å². The number of unbranched alkanes of at least 4 members (excludes halogenated alkanes) is 1. The van der Waals surface area contributed by atoms with Crippen LogP contribution in [-0.4, -0.2) is 56.5 Å². The van der Waals surface area contributed by atoms with Gasteiger partial charge in [0, 0.05) is 6.54 Å². The zero-order chi connectivity index (χ0) is 19.4. The number of thiazole rings is 1. The Bertz CT molecular complexity index is 875. The van der Waals surface area contributed by atoms with Gasteiger partial charge in [0.15, 0.2) is 0 Å². The number of hydrogen-bond acceptors (Lipinski definition) is 7. The van der Waals surface area contributed by atoms with Crippen LogP contribution in [-0.2, 0) is 0 Å². The second-order valence-electron chi connectivity index (χ2n) is 6.52. The van der Waals surface area contributed by atoms with E-state index >= 15 is 0 Å². The summed E-state index contributed by atoms with van der Waals surface area (Å²) in [5, 5.41) is 24.4. The summed E-state index contributed by atoms with van der Waals surface area (Å²) in [6.07, 6.45) is 2.12. The monoisotopic (exact) mass is 390 g/mol. The standard InChI is InChI=1S/C19H26N4O3S/c1-4-5-12-26-15-8-6-14(7-9-15)16(22(3)10-11-24)17-18(25)23-19(27-17)20-13(2)21-23/h6-9,16,24-25H,4-5,10-12H2,1-3H3. The van der Waals surface area contributed by atoms with Crippen molar-refractivity contribution in [3.8, 4) is 11.6 Å². The van der Waals surface area contributed by atoms with Gasteiger partial charge in [-0.3, -0.25) is 4.90 Å². The largest absolute Gasteiger partial charge is 0.494 e. The first-order valence-corrected chi connectivity index (χ1v) is 9.95. The number of rotatable bonds is 9. The number of fused-ring (bicyclic) bond motifs is 1. The highest BCUT2D eigenvalue weighted by Crippen LogP contribution is 2.39. The molecule has 2 aromatic heterocycles. The van der Waals surface area contributed by atoms with Crippen LogP contribution < -0.4 is 4.74 Å². The van der Waals surface area contributed by atoms with Crippen LogP contribution in [0.4, 0.5) is 0 Å². The molecule has 0 bridgehead atoms. The van der Waals surface area contributed by atoms with Gasteiger partial charge >= 0.3 is 0 Å². The van der Waals surface area contributed by atoms with Crippen molar-refractivity contribution in [2.45, 2.75) is 32.7 Å². The van der Waals surface area contributed by atoms with Gasteiger partial charge in [-0.1, -0.05) is 36.8 Å². The maximum atomic E-state index is 10.7. The van der Waals surface area contributed by atoms with E-state index in [1.807, 2.05) is 36.2 Å². The van der Waals surface area contributed by atoms with Crippen LogP contribution in [0.25, 0.3) is 4.96 Å². The lowest BCUT2D eigenvalue weighted by molar-refractivity contribution is 0.196. The maximum absolute atomic E-state index is 10.7. The highest BCUT2D eigenvalue weighted by molar-refractivity contribution is 7.17. The van der Waals surface area contributed by atoms with Gasteiger partial charge in [-0.25, -0.2) is 4.98 Å². The molecule has 1 unspecified atom stereocenters. The van der Waals surface area contributed by atoms with Crippen molar-refractivity contribution in [2.24, 2.45) is 0 Å². The van der Waals surface area contributed by atoms with Crippen LogP contribution in [0.15, 0.2) is 24.3 Å². The molecule has 27 heavy (non-hydrogen) atoms. The average molecular weight is 391 g/mol. The summed E-state index contributed by atoms with van der Waals surface area (Å²) in [5.41, 5.74) is 1.00.